The summed E-state index contributed by atoms with van der Waals surface area (Å²) in [5.41, 5.74) is 2.47. The van der Waals surface area contributed by atoms with Gasteiger partial charge in [-0.2, -0.15) is 0 Å². The minimum atomic E-state index is 0.0815. The van der Waals surface area contributed by atoms with Crippen LogP contribution in [0.1, 0.15) is 37.7 Å². The van der Waals surface area contributed by atoms with Gasteiger partial charge in [-0.25, -0.2) is 4.79 Å². The second kappa shape index (κ2) is 6.98. The summed E-state index contributed by atoms with van der Waals surface area (Å²) in [4.78, 5) is 14.6. The van der Waals surface area contributed by atoms with E-state index < -0.39 is 0 Å². The van der Waals surface area contributed by atoms with Crippen LogP contribution in [0.15, 0.2) is 36.4 Å². The molecule has 0 radical (unpaired) electrons. The molecule has 0 aromatic heterocycles. The summed E-state index contributed by atoms with van der Waals surface area (Å²) in [6, 6.07) is 10.7. The van der Waals surface area contributed by atoms with Crippen LogP contribution < -0.4 is 5.32 Å². The van der Waals surface area contributed by atoms with Gasteiger partial charge in [-0.1, -0.05) is 36.4 Å². The van der Waals surface area contributed by atoms with Crippen LogP contribution in [0, 0.1) is 5.92 Å². The lowest BCUT2D eigenvalue weighted by Crippen LogP contribution is -2.49. The molecule has 128 valence electrons. The zero-order valence-electron chi connectivity index (χ0n) is 14.1. The van der Waals surface area contributed by atoms with Crippen molar-refractivity contribution in [3.05, 3.63) is 42.0 Å². The SMILES string of the molecule is O=C(N[C@H]1CCO[C@@H](C2CC2)C1)N1CCC=C(c2ccccc2)C1. The van der Waals surface area contributed by atoms with Gasteiger partial charge in [0.2, 0.25) is 0 Å². The van der Waals surface area contributed by atoms with Gasteiger partial charge in [0.05, 0.1) is 6.10 Å². The Morgan fingerprint density at radius 2 is 2.00 bits per heavy atom. The van der Waals surface area contributed by atoms with Crippen LogP contribution >= 0.6 is 0 Å². The zero-order chi connectivity index (χ0) is 16.4. The van der Waals surface area contributed by atoms with Crippen LogP contribution in [-0.2, 0) is 4.74 Å². The summed E-state index contributed by atoms with van der Waals surface area (Å²) in [6.45, 7) is 2.28. The van der Waals surface area contributed by atoms with E-state index in [1.165, 1.54) is 24.0 Å². The van der Waals surface area contributed by atoms with E-state index >= 15 is 0 Å². The molecule has 1 aromatic carbocycles. The molecule has 1 saturated heterocycles. The molecule has 0 unspecified atom stereocenters. The topological polar surface area (TPSA) is 41.6 Å². The van der Waals surface area contributed by atoms with Crippen molar-refractivity contribution in [1.82, 2.24) is 10.2 Å². The highest BCUT2D eigenvalue weighted by Crippen LogP contribution is 2.38. The summed E-state index contributed by atoms with van der Waals surface area (Å²) in [5, 5.41) is 3.25. The Hall–Kier alpha value is -1.81. The number of urea groups is 1. The van der Waals surface area contributed by atoms with Gasteiger partial charge in [0.1, 0.15) is 0 Å². The van der Waals surface area contributed by atoms with Crippen LogP contribution in [0.5, 0.6) is 0 Å². The summed E-state index contributed by atoms with van der Waals surface area (Å²) < 4.78 is 5.86. The average molecular weight is 326 g/mol. The lowest BCUT2D eigenvalue weighted by molar-refractivity contribution is -0.00975. The fraction of sp³-hybridized carbons (Fsp3) is 0.550. The van der Waals surface area contributed by atoms with Gasteiger partial charge >= 0.3 is 6.03 Å². The van der Waals surface area contributed by atoms with E-state index in [4.69, 9.17) is 4.74 Å². The number of carbonyl (C=O) groups excluding carboxylic acids is 1. The standard InChI is InChI=1S/C20H26N2O2/c23-20(21-18-10-12-24-19(13-18)16-8-9-16)22-11-4-7-17(14-22)15-5-2-1-3-6-15/h1-3,5-7,16,18-19H,4,8-14H2,(H,21,23)/t18-,19+/m0/s1. The molecule has 4 heteroatoms. The number of hydrogen-bond donors (Lipinski definition) is 1. The third kappa shape index (κ3) is 3.64. The van der Waals surface area contributed by atoms with Crippen molar-refractivity contribution in [2.45, 2.75) is 44.2 Å². The van der Waals surface area contributed by atoms with Crippen molar-refractivity contribution in [3.63, 3.8) is 0 Å². The van der Waals surface area contributed by atoms with Gasteiger partial charge < -0.3 is 15.0 Å². The Morgan fingerprint density at radius 1 is 1.17 bits per heavy atom. The van der Waals surface area contributed by atoms with Crippen LogP contribution in [0.3, 0.4) is 0 Å². The van der Waals surface area contributed by atoms with Crippen LogP contribution in [0.2, 0.25) is 0 Å². The van der Waals surface area contributed by atoms with E-state index in [-0.39, 0.29) is 12.1 Å². The first kappa shape index (κ1) is 15.7. The summed E-state index contributed by atoms with van der Waals surface area (Å²) >= 11 is 0. The van der Waals surface area contributed by atoms with Crippen molar-refractivity contribution in [3.8, 4) is 0 Å². The number of nitrogens with zero attached hydrogens (tertiary/aromatic N) is 1. The van der Waals surface area contributed by atoms with Crippen LogP contribution in [0.25, 0.3) is 5.57 Å². The molecular formula is C20H26N2O2. The molecule has 24 heavy (non-hydrogen) atoms. The van der Waals surface area contributed by atoms with E-state index in [1.54, 1.807) is 0 Å². The van der Waals surface area contributed by atoms with Crippen molar-refractivity contribution in [2.75, 3.05) is 19.7 Å². The maximum atomic E-state index is 12.7. The molecule has 2 heterocycles. The van der Waals surface area contributed by atoms with E-state index in [1.807, 2.05) is 11.0 Å². The Labute approximate surface area is 143 Å². The van der Waals surface area contributed by atoms with E-state index in [0.717, 1.165) is 38.3 Å². The van der Waals surface area contributed by atoms with E-state index in [2.05, 4.69) is 35.7 Å². The smallest absolute Gasteiger partial charge is 0.317 e. The van der Waals surface area contributed by atoms with Gasteiger partial charge in [-0.15, -0.1) is 0 Å². The molecule has 2 atom stereocenters. The van der Waals surface area contributed by atoms with Crippen molar-refractivity contribution < 1.29 is 9.53 Å². The number of rotatable bonds is 3. The van der Waals surface area contributed by atoms with Crippen molar-refractivity contribution in [2.24, 2.45) is 5.92 Å². The minimum absolute atomic E-state index is 0.0815. The molecule has 4 rings (SSSR count). The third-order valence-electron chi connectivity index (χ3n) is 5.37. The van der Waals surface area contributed by atoms with Gasteiger partial charge in [-0.05, 0) is 49.2 Å². The average Bonchev–Trinajstić information content (AvgIpc) is 3.48. The number of hydrogen-bond acceptors (Lipinski definition) is 2. The molecule has 1 aliphatic carbocycles. The molecule has 2 aliphatic heterocycles. The zero-order valence-corrected chi connectivity index (χ0v) is 14.1. The Kier molecular flexibility index (Phi) is 4.56. The number of nitrogens with one attached hydrogen (secondary N) is 1. The lowest BCUT2D eigenvalue weighted by Gasteiger charge is -2.33. The maximum Gasteiger partial charge on any atom is 0.317 e. The highest BCUT2D eigenvalue weighted by atomic mass is 16.5. The maximum absolute atomic E-state index is 12.7. The highest BCUT2D eigenvalue weighted by Gasteiger charge is 2.36. The molecular weight excluding hydrogens is 300 g/mol. The molecule has 2 fully saturated rings. The molecule has 1 saturated carbocycles. The molecule has 0 spiro atoms. The Bertz CT molecular complexity index is 609. The first-order valence-corrected chi connectivity index (χ1v) is 9.21. The number of amides is 2. The largest absolute Gasteiger partial charge is 0.378 e. The van der Waals surface area contributed by atoms with E-state index in [9.17, 15) is 4.79 Å². The third-order valence-corrected chi connectivity index (χ3v) is 5.37. The van der Waals surface area contributed by atoms with Crippen molar-refractivity contribution >= 4 is 11.6 Å². The van der Waals surface area contributed by atoms with Crippen LogP contribution in [-0.4, -0.2) is 42.8 Å². The fourth-order valence-corrected chi connectivity index (χ4v) is 3.80. The number of ether oxygens (including phenoxy) is 1. The van der Waals surface area contributed by atoms with E-state index in [0.29, 0.717) is 12.6 Å². The highest BCUT2D eigenvalue weighted by molar-refractivity contribution is 5.79. The van der Waals surface area contributed by atoms with Gasteiger partial charge in [0.25, 0.3) is 0 Å². The molecule has 0 bridgehead atoms. The van der Waals surface area contributed by atoms with Gasteiger partial charge in [0.15, 0.2) is 0 Å². The first-order valence-electron chi connectivity index (χ1n) is 9.21. The molecule has 2 amide bonds. The van der Waals surface area contributed by atoms with Crippen molar-refractivity contribution in [1.29, 1.82) is 0 Å². The van der Waals surface area contributed by atoms with Gasteiger partial charge in [-0.3, -0.25) is 0 Å². The summed E-state index contributed by atoms with van der Waals surface area (Å²) in [6.07, 6.45) is 8.05. The quantitative estimate of drug-likeness (QED) is 0.924. The molecule has 4 nitrogen and oxygen atoms in total. The lowest BCUT2D eigenvalue weighted by atomic mass is 10.00. The summed E-state index contributed by atoms with van der Waals surface area (Å²) in [5.74, 6) is 0.743. The second-order valence-electron chi connectivity index (χ2n) is 7.22. The number of benzene rings is 1. The summed E-state index contributed by atoms with van der Waals surface area (Å²) in [7, 11) is 0. The minimum Gasteiger partial charge on any atom is -0.378 e. The van der Waals surface area contributed by atoms with Crippen LogP contribution in [0.4, 0.5) is 4.79 Å². The van der Waals surface area contributed by atoms with Gasteiger partial charge in [0, 0.05) is 25.7 Å². The second-order valence-corrected chi connectivity index (χ2v) is 7.22. The predicted octanol–water partition coefficient (Wildman–Crippen LogP) is 3.44. The first-order chi connectivity index (χ1) is 11.8. The predicted molar refractivity (Wildman–Crippen MR) is 94.6 cm³/mol. The normalized spacial score (nSPS) is 27.5. The fourth-order valence-electron chi connectivity index (χ4n) is 3.80. The monoisotopic (exact) mass is 326 g/mol. The molecule has 1 aromatic rings. The Morgan fingerprint density at radius 3 is 2.79 bits per heavy atom. The Balaban J connectivity index is 1.34. The molecule has 1 N–H and O–H groups in total. The number of carbonyl (C=O) groups is 1. The molecule has 3 aliphatic rings.